The lowest BCUT2D eigenvalue weighted by Gasteiger charge is -2.16. The van der Waals surface area contributed by atoms with Gasteiger partial charge in [0.2, 0.25) is 0 Å². The Kier molecular flexibility index (Phi) is 5.98. The maximum Gasteiger partial charge on any atom is 0.159 e. The first-order chi connectivity index (χ1) is 21.3. The summed E-state index contributed by atoms with van der Waals surface area (Å²) in [7, 11) is -1.60. The molecule has 0 amide bonds. The van der Waals surface area contributed by atoms with Crippen LogP contribution in [-0.4, -0.2) is 12.6 Å². The molecule has 0 aliphatic rings. The number of fused-ring (bicyclic) bond motifs is 6. The lowest BCUT2D eigenvalue weighted by atomic mass is 9.93. The van der Waals surface area contributed by atoms with Gasteiger partial charge in [-0.05, 0) is 76.7 Å². The monoisotopic (exact) mass is 585 g/mol. The number of para-hydroxylation sites is 3. The summed E-state index contributed by atoms with van der Waals surface area (Å²) in [5.74, 6) is 0. The SMILES string of the molecule is Cc1ccccc1-c1ccc(-c2ccc3c(c2)c2ccccc2n3-c2cccc3c2oc2c([Si](C)(C)C)cccc23)cc1C. The third-order valence-electron chi connectivity index (χ3n) is 9.22. The Morgan fingerprint density at radius 3 is 1.93 bits per heavy atom. The summed E-state index contributed by atoms with van der Waals surface area (Å²) < 4.78 is 9.23. The van der Waals surface area contributed by atoms with Crippen molar-refractivity contribution >= 4 is 57.0 Å². The molecule has 2 aromatic heterocycles. The molecule has 0 aliphatic carbocycles. The van der Waals surface area contributed by atoms with Crippen LogP contribution in [0.25, 0.3) is 71.7 Å². The minimum Gasteiger partial charge on any atom is -0.454 e. The van der Waals surface area contributed by atoms with Crippen LogP contribution in [0.15, 0.2) is 126 Å². The van der Waals surface area contributed by atoms with Gasteiger partial charge in [-0.3, -0.25) is 0 Å². The van der Waals surface area contributed by atoms with Crippen LogP contribution < -0.4 is 5.19 Å². The fraction of sp³-hybridized carbons (Fsp3) is 0.122. The largest absolute Gasteiger partial charge is 0.454 e. The Labute approximate surface area is 259 Å². The highest BCUT2D eigenvalue weighted by Gasteiger charge is 2.24. The second-order valence-corrected chi connectivity index (χ2v) is 18.2. The van der Waals surface area contributed by atoms with Crippen molar-refractivity contribution in [3.63, 3.8) is 0 Å². The van der Waals surface area contributed by atoms with Crippen molar-refractivity contribution in [2.24, 2.45) is 0 Å². The Morgan fingerprint density at radius 1 is 0.500 bits per heavy atom. The van der Waals surface area contributed by atoms with Crippen molar-refractivity contribution in [1.82, 2.24) is 4.57 Å². The predicted octanol–water partition coefficient (Wildman–Crippen LogP) is 11.2. The van der Waals surface area contributed by atoms with Crippen LogP contribution in [-0.2, 0) is 0 Å². The van der Waals surface area contributed by atoms with Crippen LogP contribution in [0, 0.1) is 13.8 Å². The van der Waals surface area contributed by atoms with E-state index in [0.29, 0.717) is 0 Å². The maximum atomic E-state index is 6.84. The third-order valence-corrected chi connectivity index (χ3v) is 11.2. The molecule has 44 heavy (non-hydrogen) atoms. The molecule has 0 saturated heterocycles. The first-order valence-electron chi connectivity index (χ1n) is 15.4. The van der Waals surface area contributed by atoms with Crippen LogP contribution in [0.4, 0.5) is 0 Å². The van der Waals surface area contributed by atoms with E-state index in [1.54, 1.807) is 0 Å². The van der Waals surface area contributed by atoms with Gasteiger partial charge < -0.3 is 8.98 Å². The first kappa shape index (κ1) is 26.7. The standard InChI is InChI=1S/C41H35NOSi/c1-26-12-6-7-13-30(26)31-22-20-28(24-27(31)2)29-21-23-37-35(25-29)32-14-8-9-17-36(32)42(37)38-18-10-15-33-34-16-11-19-39(44(3,4)5)41(34)43-40(33)38/h6-25H,1-5H3. The van der Waals surface area contributed by atoms with Gasteiger partial charge in [0.25, 0.3) is 0 Å². The Hall–Kier alpha value is -4.86. The number of hydrogen-bond donors (Lipinski definition) is 0. The highest BCUT2D eigenvalue weighted by Crippen LogP contribution is 2.39. The van der Waals surface area contributed by atoms with Gasteiger partial charge >= 0.3 is 0 Å². The molecule has 8 rings (SSSR count). The lowest BCUT2D eigenvalue weighted by molar-refractivity contribution is 0.668. The number of nitrogens with zero attached hydrogens (tertiary/aromatic N) is 1. The molecule has 2 nitrogen and oxygen atoms in total. The highest BCUT2D eigenvalue weighted by atomic mass is 28.3. The molecule has 0 fully saturated rings. The van der Waals surface area contributed by atoms with E-state index in [0.717, 1.165) is 16.9 Å². The average molecular weight is 586 g/mol. The van der Waals surface area contributed by atoms with Crippen LogP contribution in [0.2, 0.25) is 19.6 Å². The van der Waals surface area contributed by atoms with Crippen molar-refractivity contribution in [1.29, 1.82) is 0 Å². The fourth-order valence-corrected chi connectivity index (χ4v) is 8.47. The van der Waals surface area contributed by atoms with E-state index in [2.05, 4.69) is 159 Å². The van der Waals surface area contributed by atoms with Gasteiger partial charge in [-0.1, -0.05) is 117 Å². The molecule has 0 unspecified atom stereocenters. The minimum atomic E-state index is -1.60. The van der Waals surface area contributed by atoms with Gasteiger partial charge in [-0.15, -0.1) is 0 Å². The summed E-state index contributed by atoms with van der Waals surface area (Å²) in [6.07, 6.45) is 0. The molecule has 8 aromatic rings. The fourth-order valence-electron chi connectivity index (χ4n) is 7.00. The molecule has 0 radical (unpaired) electrons. The molecule has 6 aromatic carbocycles. The summed E-state index contributed by atoms with van der Waals surface area (Å²) in [6, 6.07) is 44.4. The Bertz CT molecular complexity index is 2400. The smallest absolute Gasteiger partial charge is 0.159 e. The number of aryl methyl sites for hydroxylation is 2. The predicted molar refractivity (Wildman–Crippen MR) is 191 cm³/mol. The highest BCUT2D eigenvalue weighted by molar-refractivity contribution is 6.90. The van der Waals surface area contributed by atoms with Gasteiger partial charge in [-0.25, -0.2) is 0 Å². The first-order valence-corrected chi connectivity index (χ1v) is 18.9. The average Bonchev–Trinajstić information content (AvgIpc) is 3.56. The molecule has 0 aliphatic heterocycles. The molecule has 0 bridgehead atoms. The van der Waals surface area contributed by atoms with Crippen molar-refractivity contribution in [3.8, 4) is 27.9 Å². The van der Waals surface area contributed by atoms with E-state index in [1.165, 1.54) is 71.1 Å². The molecule has 2 heterocycles. The van der Waals surface area contributed by atoms with Crippen molar-refractivity contribution in [2.45, 2.75) is 33.5 Å². The van der Waals surface area contributed by atoms with E-state index in [9.17, 15) is 0 Å². The van der Waals surface area contributed by atoms with E-state index < -0.39 is 8.07 Å². The molecular formula is C41H35NOSi. The second-order valence-electron chi connectivity index (χ2n) is 13.1. The van der Waals surface area contributed by atoms with Crippen LogP contribution in [0.3, 0.4) is 0 Å². The Morgan fingerprint density at radius 2 is 1.14 bits per heavy atom. The summed E-state index contributed by atoms with van der Waals surface area (Å²) in [5, 5.41) is 6.23. The molecule has 0 spiro atoms. The molecule has 0 N–H and O–H groups in total. The zero-order chi connectivity index (χ0) is 30.2. The van der Waals surface area contributed by atoms with E-state index in [4.69, 9.17) is 4.42 Å². The van der Waals surface area contributed by atoms with Crippen molar-refractivity contribution in [2.75, 3.05) is 0 Å². The zero-order valence-electron chi connectivity index (χ0n) is 25.9. The van der Waals surface area contributed by atoms with Crippen molar-refractivity contribution in [3.05, 3.63) is 132 Å². The van der Waals surface area contributed by atoms with E-state index >= 15 is 0 Å². The summed E-state index contributed by atoms with van der Waals surface area (Å²) >= 11 is 0. The van der Waals surface area contributed by atoms with Gasteiger partial charge in [0.15, 0.2) is 5.58 Å². The molecule has 214 valence electrons. The quantitative estimate of drug-likeness (QED) is 0.188. The Balaban J connectivity index is 1.33. The molecule has 0 saturated carbocycles. The summed E-state index contributed by atoms with van der Waals surface area (Å²) in [4.78, 5) is 0. The van der Waals surface area contributed by atoms with E-state index in [1.807, 2.05) is 0 Å². The number of aromatic nitrogens is 1. The number of benzene rings is 6. The molecule has 0 atom stereocenters. The zero-order valence-corrected chi connectivity index (χ0v) is 26.9. The van der Waals surface area contributed by atoms with Gasteiger partial charge in [0.05, 0.1) is 24.8 Å². The van der Waals surface area contributed by atoms with Gasteiger partial charge in [0, 0.05) is 21.5 Å². The number of hydrogen-bond acceptors (Lipinski definition) is 1. The normalized spacial score (nSPS) is 12.2. The van der Waals surface area contributed by atoms with Crippen LogP contribution in [0.1, 0.15) is 11.1 Å². The topological polar surface area (TPSA) is 18.1 Å². The summed E-state index contributed by atoms with van der Waals surface area (Å²) in [5.41, 5.74) is 13.1. The maximum absolute atomic E-state index is 6.84. The molecule has 3 heteroatoms. The van der Waals surface area contributed by atoms with Gasteiger partial charge in [-0.2, -0.15) is 0 Å². The van der Waals surface area contributed by atoms with Crippen LogP contribution in [0.5, 0.6) is 0 Å². The van der Waals surface area contributed by atoms with Gasteiger partial charge in [0.1, 0.15) is 5.58 Å². The second kappa shape index (κ2) is 9.83. The third kappa shape index (κ3) is 4.07. The van der Waals surface area contributed by atoms with E-state index in [-0.39, 0.29) is 0 Å². The number of rotatable bonds is 4. The van der Waals surface area contributed by atoms with Crippen LogP contribution >= 0.6 is 0 Å². The number of furan rings is 1. The molecular weight excluding hydrogens is 551 g/mol. The summed E-state index contributed by atoms with van der Waals surface area (Å²) in [6.45, 7) is 11.6. The minimum absolute atomic E-state index is 0.947. The van der Waals surface area contributed by atoms with Crippen molar-refractivity contribution < 1.29 is 4.42 Å². The lowest BCUT2D eigenvalue weighted by Crippen LogP contribution is -2.37.